The lowest BCUT2D eigenvalue weighted by molar-refractivity contribution is -0.124. The number of anilines is 1. The monoisotopic (exact) mass is 419 g/mol. The van der Waals surface area contributed by atoms with E-state index in [9.17, 15) is 13.6 Å². The van der Waals surface area contributed by atoms with Gasteiger partial charge in [0.1, 0.15) is 5.75 Å². The first-order chi connectivity index (χ1) is 13.6. The topological polar surface area (TPSA) is 55.3 Å². The maximum Gasteiger partial charge on any atom is 0.291 e. The second-order valence-corrected chi connectivity index (χ2v) is 8.25. The Balaban J connectivity index is 1.59. The van der Waals surface area contributed by atoms with Crippen LogP contribution in [0.5, 0.6) is 5.75 Å². The summed E-state index contributed by atoms with van der Waals surface area (Å²) in [5.74, 6) is -2.18. The second kappa shape index (κ2) is 8.24. The Bertz CT molecular complexity index is 944. The Morgan fingerprint density at radius 3 is 2.68 bits per heavy atom. The van der Waals surface area contributed by atoms with Crippen LogP contribution in [0.1, 0.15) is 11.1 Å². The van der Waals surface area contributed by atoms with Crippen molar-refractivity contribution in [2.45, 2.75) is 29.2 Å². The standard InChI is InChI=1S/C19H15F2N3O2S2/c20-17(21)27-19-23-22-18(28-19)24(11-12-6-2-1-3-7-12)16(25)15-10-13-8-4-5-9-14(13)26-15/h1-9,15,17H,10-11H2. The van der Waals surface area contributed by atoms with Crippen LogP contribution >= 0.6 is 23.1 Å². The molecule has 144 valence electrons. The highest BCUT2D eigenvalue weighted by Gasteiger charge is 2.34. The Kier molecular flexibility index (Phi) is 5.54. The fraction of sp³-hybridized carbons (Fsp3) is 0.211. The van der Waals surface area contributed by atoms with E-state index in [1.165, 1.54) is 4.90 Å². The summed E-state index contributed by atoms with van der Waals surface area (Å²) in [5, 5.41) is 8.03. The number of aromatic nitrogens is 2. The molecule has 1 aliphatic rings. The van der Waals surface area contributed by atoms with Crippen molar-refractivity contribution < 1.29 is 18.3 Å². The quantitative estimate of drug-likeness (QED) is 0.438. The van der Waals surface area contributed by atoms with E-state index in [-0.39, 0.29) is 21.9 Å². The minimum Gasteiger partial charge on any atom is -0.480 e. The minimum atomic E-state index is -2.59. The van der Waals surface area contributed by atoms with E-state index >= 15 is 0 Å². The van der Waals surface area contributed by atoms with E-state index in [0.717, 1.165) is 22.5 Å². The molecule has 0 radical (unpaired) electrons. The molecule has 0 N–H and O–H groups in total. The van der Waals surface area contributed by atoms with E-state index in [0.29, 0.717) is 23.9 Å². The van der Waals surface area contributed by atoms with Crippen LogP contribution in [-0.2, 0) is 17.8 Å². The van der Waals surface area contributed by atoms with Crippen LogP contribution in [0.15, 0.2) is 58.9 Å². The number of para-hydroxylation sites is 1. The van der Waals surface area contributed by atoms with Gasteiger partial charge in [0.15, 0.2) is 10.4 Å². The van der Waals surface area contributed by atoms with Gasteiger partial charge in [-0.15, -0.1) is 10.2 Å². The van der Waals surface area contributed by atoms with E-state index in [2.05, 4.69) is 10.2 Å². The summed E-state index contributed by atoms with van der Waals surface area (Å²) in [6, 6.07) is 16.9. The van der Waals surface area contributed by atoms with Crippen LogP contribution in [0.4, 0.5) is 13.9 Å². The molecule has 0 saturated heterocycles. The smallest absolute Gasteiger partial charge is 0.291 e. The third-order valence-corrected chi connectivity index (χ3v) is 5.93. The molecule has 0 aliphatic carbocycles. The molecule has 1 amide bonds. The first-order valence-electron chi connectivity index (χ1n) is 8.48. The van der Waals surface area contributed by atoms with Crippen molar-refractivity contribution in [1.82, 2.24) is 10.2 Å². The number of hydrogen-bond donors (Lipinski definition) is 0. The predicted molar refractivity (Wildman–Crippen MR) is 104 cm³/mol. The second-order valence-electron chi connectivity index (χ2n) is 6.06. The van der Waals surface area contributed by atoms with Crippen molar-refractivity contribution in [3.05, 3.63) is 65.7 Å². The van der Waals surface area contributed by atoms with Crippen molar-refractivity contribution in [1.29, 1.82) is 0 Å². The zero-order chi connectivity index (χ0) is 19.5. The molecule has 5 nitrogen and oxygen atoms in total. The van der Waals surface area contributed by atoms with Crippen LogP contribution in [-0.4, -0.2) is 28.0 Å². The Morgan fingerprint density at radius 2 is 1.93 bits per heavy atom. The summed E-state index contributed by atoms with van der Waals surface area (Å²) in [7, 11) is 0. The number of halogens is 2. The molecule has 1 aromatic heterocycles. The van der Waals surface area contributed by atoms with E-state index < -0.39 is 11.9 Å². The zero-order valence-corrected chi connectivity index (χ0v) is 16.1. The number of carbonyl (C=O) groups is 1. The number of rotatable bonds is 6. The number of amides is 1. The molecule has 9 heteroatoms. The molecule has 4 rings (SSSR count). The van der Waals surface area contributed by atoms with Crippen molar-refractivity contribution in [3.8, 4) is 5.75 Å². The van der Waals surface area contributed by atoms with Gasteiger partial charge in [0, 0.05) is 6.42 Å². The Labute approximate surface area is 168 Å². The van der Waals surface area contributed by atoms with Crippen LogP contribution < -0.4 is 9.64 Å². The fourth-order valence-corrected chi connectivity index (χ4v) is 4.39. The number of alkyl halides is 2. The third kappa shape index (κ3) is 4.15. The summed E-state index contributed by atoms with van der Waals surface area (Å²) in [5.41, 5.74) is 1.86. The molecule has 0 fully saturated rings. The largest absolute Gasteiger partial charge is 0.480 e. The van der Waals surface area contributed by atoms with Crippen molar-refractivity contribution >= 4 is 34.1 Å². The molecular weight excluding hydrogens is 404 g/mol. The van der Waals surface area contributed by atoms with Gasteiger partial charge in [0.05, 0.1) is 6.54 Å². The SMILES string of the molecule is O=C(C1Cc2ccccc2O1)N(Cc1ccccc1)c1nnc(SC(F)F)s1. The average Bonchev–Trinajstić information content (AvgIpc) is 3.32. The summed E-state index contributed by atoms with van der Waals surface area (Å²) in [4.78, 5) is 14.7. The molecule has 1 aliphatic heterocycles. The summed E-state index contributed by atoms with van der Waals surface area (Å²) in [6.45, 7) is 0.254. The highest BCUT2D eigenvalue weighted by atomic mass is 32.2. The van der Waals surface area contributed by atoms with Gasteiger partial charge in [0.25, 0.3) is 11.7 Å². The first kappa shape index (κ1) is 18.8. The Hall–Kier alpha value is -2.52. The highest BCUT2D eigenvalue weighted by Crippen LogP contribution is 2.34. The van der Waals surface area contributed by atoms with E-state index in [1.807, 2.05) is 54.6 Å². The number of ether oxygens (including phenoxy) is 1. The van der Waals surface area contributed by atoms with E-state index in [4.69, 9.17) is 4.74 Å². The number of thioether (sulfide) groups is 1. The molecule has 28 heavy (non-hydrogen) atoms. The molecule has 3 aromatic rings. The van der Waals surface area contributed by atoms with Crippen LogP contribution in [0, 0.1) is 0 Å². The van der Waals surface area contributed by atoms with Gasteiger partial charge in [-0.25, -0.2) is 0 Å². The fourth-order valence-electron chi connectivity index (χ4n) is 2.93. The highest BCUT2D eigenvalue weighted by molar-refractivity contribution is 8.01. The summed E-state index contributed by atoms with van der Waals surface area (Å²) < 4.78 is 31.2. The summed E-state index contributed by atoms with van der Waals surface area (Å²) >= 11 is 1.29. The molecule has 0 spiro atoms. The van der Waals surface area contributed by atoms with E-state index in [1.54, 1.807) is 0 Å². The molecule has 2 aromatic carbocycles. The zero-order valence-electron chi connectivity index (χ0n) is 14.5. The Morgan fingerprint density at radius 1 is 1.18 bits per heavy atom. The molecule has 1 atom stereocenters. The lowest BCUT2D eigenvalue weighted by atomic mass is 10.1. The molecular formula is C19H15F2N3O2S2. The molecule has 0 bridgehead atoms. The molecule has 0 saturated carbocycles. The first-order valence-corrected chi connectivity index (χ1v) is 10.2. The maximum absolute atomic E-state index is 13.2. The van der Waals surface area contributed by atoms with Crippen LogP contribution in [0.2, 0.25) is 0 Å². The predicted octanol–water partition coefficient (Wildman–Crippen LogP) is 4.39. The number of carbonyl (C=O) groups excluding carboxylic acids is 1. The number of fused-ring (bicyclic) bond motifs is 1. The molecule has 1 unspecified atom stereocenters. The van der Waals surface area contributed by atoms with Crippen molar-refractivity contribution in [3.63, 3.8) is 0 Å². The normalized spacial score (nSPS) is 15.3. The van der Waals surface area contributed by atoms with Crippen molar-refractivity contribution in [2.75, 3.05) is 4.90 Å². The number of benzene rings is 2. The van der Waals surface area contributed by atoms with Gasteiger partial charge in [-0.1, -0.05) is 59.9 Å². The van der Waals surface area contributed by atoms with Crippen LogP contribution in [0.3, 0.4) is 0 Å². The van der Waals surface area contributed by atoms with Gasteiger partial charge in [-0.05, 0) is 29.0 Å². The number of nitrogens with zero attached hydrogens (tertiary/aromatic N) is 3. The average molecular weight is 419 g/mol. The van der Waals surface area contributed by atoms with Crippen molar-refractivity contribution in [2.24, 2.45) is 0 Å². The third-order valence-electron chi connectivity index (χ3n) is 4.19. The number of hydrogen-bond acceptors (Lipinski definition) is 6. The molecule has 2 heterocycles. The van der Waals surface area contributed by atoms with Gasteiger partial charge < -0.3 is 4.74 Å². The summed E-state index contributed by atoms with van der Waals surface area (Å²) in [6.07, 6.45) is -0.228. The lowest BCUT2D eigenvalue weighted by Gasteiger charge is -2.22. The minimum absolute atomic E-state index is 0.117. The lowest BCUT2D eigenvalue weighted by Crippen LogP contribution is -2.41. The van der Waals surface area contributed by atoms with Gasteiger partial charge in [0.2, 0.25) is 5.13 Å². The maximum atomic E-state index is 13.2. The van der Waals surface area contributed by atoms with Gasteiger partial charge in [-0.3, -0.25) is 9.69 Å². The van der Waals surface area contributed by atoms with Gasteiger partial charge in [-0.2, -0.15) is 8.78 Å². The van der Waals surface area contributed by atoms with Crippen LogP contribution in [0.25, 0.3) is 0 Å². The van der Waals surface area contributed by atoms with Gasteiger partial charge >= 0.3 is 0 Å².